The Bertz CT molecular complexity index is 816. The van der Waals surface area contributed by atoms with E-state index in [1.165, 1.54) is 6.07 Å². The molecule has 138 valence electrons. The van der Waals surface area contributed by atoms with Gasteiger partial charge in [-0.05, 0) is 57.7 Å². The van der Waals surface area contributed by atoms with Crippen LogP contribution in [0.5, 0.6) is 0 Å². The first-order chi connectivity index (χ1) is 12.1. The van der Waals surface area contributed by atoms with Crippen molar-refractivity contribution in [3.05, 3.63) is 58.5 Å². The molecule has 1 aliphatic rings. The molecule has 3 N–H and O–H groups in total. The summed E-state index contributed by atoms with van der Waals surface area (Å²) in [5.74, 6) is 0. The fraction of sp³-hybridized carbons (Fsp3) is 0.429. The lowest BCUT2D eigenvalue weighted by atomic mass is 9.82. The van der Waals surface area contributed by atoms with Gasteiger partial charge in [-0.15, -0.1) is 11.8 Å². The molecule has 1 saturated heterocycles. The molecule has 0 amide bonds. The Balaban J connectivity index is 1.70. The molecule has 0 aliphatic carbocycles. The van der Waals surface area contributed by atoms with Gasteiger partial charge < -0.3 is 10.3 Å². The zero-order chi connectivity index (χ0) is 18.9. The molecule has 2 aromatic rings. The molecule has 0 saturated carbocycles. The molecule has 1 fully saturated rings. The lowest BCUT2D eigenvalue weighted by Crippen LogP contribution is -2.58. The van der Waals surface area contributed by atoms with Crippen molar-refractivity contribution in [1.82, 2.24) is 10.3 Å². The standard InChI is InChI=1S/C21H27N3OS/c1-20(2)11-17(12-21(3,4)24-20)26-19(22)15-7-5-14(6-8-15)16-9-10-18(25)23-13-16/h5-10,13,17,22,24H,11-12H2,1-4H3,(H,23,25). The van der Waals surface area contributed by atoms with Gasteiger partial charge in [-0.3, -0.25) is 10.2 Å². The van der Waals surface area contributed by atoms with Gasteiger partial charge in [0.25, 0.3) is 0 Å². The van der Waals surface area contributed by atoms with Crippen molar-refractivity contribution in [2.75, 3.05) is 0 Å². The Labute approximate surface area is 159 Å². The van der Waals surface area contributed by atoms with Crippen LogP contribution in [0.15, 0.2) is 47.4 Å². The number of H-pyrrole nitrogens is 1. The first kappa shape index (κ1) is 18.9. The second kappa shape index (κ2) is 7.05. The predicted molar refractivity (Wildman–Crippen MR) is 111 cm³/mol. The van der Waals surface area contributed by atoms with Gasteiger partial charge in [-0.25, -0.2) is 0 Å². The van der Waals surface area contributed by atoms with Crippen LogP contribution in [-0.4, -0.2) is 26.4 Å². The van der Waals surface area contributed by atoms with Crippen LogP contribution >= 0.6 is 11.8 Å². The summed E-state index contributed by atoms with van der Waals surface area (Å²) in [6.45, 7) is 8.96. The Morgan fingerprint density at radius 3 is 2.12 bits per heavy atom. The fourth-order valence-electron chi connectivity index (χ4n) is 3.95. The van der Waals surface area contributed by atoms with Crippen molar-refractivity contribution in [3.63, 3.8) is 0 Å². The van der Waals surface area contributed by atoms with E-state index >= 15 is 0 Å². The van der Waals surface area contributed by atoms with Gasteiger partial charge in [0.15, 0.2) is 0 Å². The second-order valence-corrected chi connectivity index (χ2v) is 9.70. The third-order valence-corrected chi connectivity index (χ3v) is 5.84. The number of piperidine rings is 1. The smallest absolute Gasteiger partial charge is 0.247 e. The van der Waals surface area contributed by atoms with Crippen LogP contribution in [0, 0.1) is 5.41 Å². The van der Waals surface area contributed by atoms with E-state index in [0.717, 1.165) is 29.5 Å². The molecule has 5 heteroatoms. The number of benzene rings is 1. The third-order valence-electron chi connectivity index (χ3n) is 4.70. The summed E-state index contributed by atoms with van der Waals surface area (Å²) < 4.78 is 0. The molecule has 0 radical (unpaired) electrons. The van der Waals surface area contributed by atoms with E-state index in [4.69, 9.17) is 5.41 Å². The van der Waals surface area contributed by atoms with Gasteiger partial charge in [0.2, 0.25) is 5.56 Å². The maximum Gasteiger partial charge on any atom is 0.247 e. The molecule has 1 aromatic carbocycles. The van der Waals surface area contributed by atoms with E-state index < -0.39 is 0 Å². The topological polar surface area (TPSA) is 68.7 Å². The number of hydrogen-bond acceptors (Lipinski definition) is 4. The normalized spacial score (nSPS) is 19.2. The average molecular weight is 370 g/mol. The monoisotopic (exact) mass is 369 g/mol. The SMILES string of the molecule is CC1(C)CC(SC(=N)c2ccc(-c3ccc(=O)[nH]c3)cc2)CC(C)(C)N1. The van der Waals surface area contributed by atoms with Crippen LogP contribution in [0.1, 0.15) is 46.1 Å². The van der Waals surface area contributed by atoms with Gasteiger partial charge in [0, 0.05) is 34.2 Å². The minimum Gasteiger partial charge on any atom is -0.328 e. The van der Waals surface area contributed by atoms with Crippen molar-refractivity contribution in [2.24, 2.45) is 0 Å². The molecule has 1 aromatic heterocycles. The van der Waals surface area contributed by atoms with Crippen LogP contribution in [0.4, 0.5) is 0 Å². The van der Waals surface area contributed by atoms with Crippen LogP contribution < -0.4 is 10.9 Å². The highest BCUT2D eigenvalue weighted by molar-refractivity contribution is 8.14. The lowest BCUT2D eigenvalue weighted by Gasteiger charge is -2.46. The molecule has 0 bridgehead atoms. The highest BCUT2D eigenvalue weighted by Gasteiger charge is 2.38. The van der Waals surface area contributed by atoms with Gasteiger partial charge in [-0.2, -0.15) is 0 Å². The van der Waals surface area contributed by atoms with Crippen LogP contribution in [0.2, 0.25) is 0 Å². The van der Waals surface area contributed by atoms with Crippen LogP contribution in [-0.2, 0) is 0 Å². The zero-order valence-electron chi connectivity index (χ0n) is 15.8. The predicted octanol–water partition coefficient (Wildman–Crippen LogP) is 4.41. The Kier molecular flexibility index (Phi) is 5.13. The molecule has 0 spiro atoms. The second-order valence-electron chi connectivity index (χ2n) is 8.39. The molecule has 26 heavy (non-hydrogen) atoms. The van der Waals surface area contributed by atoms with E-state index in [2.05, 4.69) is 38.0 Å². The largest absolute Gasteiger partial charge is 0.328 e. The Morgan fingerprint density at radius 1 is 1.00 bits per heavy atom. The maximum absolute atomic E-state index is 11.2. The van der Waals surface area contributed by atoms with Crippen LogP contribution in [0.25, 0.3) is 11.1 Å². The Hall–Kier alpha value is -1.85. The minimum absolute atomic E-state index is 0.0911. The Morgan fingerprint density at radius 2 is 1.58 bits per heavy atom. The molecule has 1 aliphatic heterocycles. The van der Waals surface area contributed by atoms with E-state index in [1.54, 1.807) is 18.0 Å². The van der Waals surface area contributed by atoms with Crippen LogP contribution in [0.3, 0.4) is 0 Å². The summed E-state index contributed by atoms with van der Waals surface area (Å²) in [5.41, 5.74) is 3.03. The van der Waals surface area contributed by atoms with E-state index in [9.17, 15) is 4.79 Å². The first-order valence-corrected chi connectivity index (χ1v) is 9.86. The van der Waals surface area contributed by atoms with Crippen molar-refractivity contribution in [3.8, 4) is 11.1 Å². The van der Waals surface area contributed by atoms with Gasteiger partial charge in [-0.1, -0.05) is 24.3 Å². The van der Waals surface area contributed by atoms with Gasteiger partial charge in [0.1, 0.15) is 0 Å². The number of aromatic amines is 1. The number of pyridine rings is 1. The minimum atomic E-state index is -0.101. The molecule has 2 heterocycles. The first-order valence-electron chi connectivity index (χ1n) is 8.98. The number of rotatable bonds is 3. The van der Waals surface area contributed by atoms with Gasteiger partial charge in [0.05, 0.1) is 5.04 Å². The number of aromatic nitrogens is 1. The quantitative estimate of drug-likeness (QED) is 0.554. The number of nitrogens with one attached hydrogen (secondary N) is 3. The van der Waals surface area contributed by atoms with Crippen molar-refractivity contribution in [2.45, 2.75) is 56.9 Å². The average Bonchev–Trinajstić information content (AvgIpc) is 2.52. The fourth-order valence-corrected chi connectivity index (χ4v) is 5.56. The molecular weight excluding hydrogens is 342 g/mol. The molecule has 0 unspecified atom stereocenters. The van der Waals surface area contributed by atoms with E-state index in [0.29, 0.717) is 10.3 Å². The molecule has 4 nitrogen and oxygen atoms in total. The molecule has 3 rings (SSSR count). The van der Waals surface area contributed by atoms with Crippen molar-refractivity contribution in [1.29, 1.82) is 5.41 Å². The summed E-state index contributed by atoms with van der Waals surface area (Å²) in [6, 6.07) is 11.3. The van der Waals surface area contributed by atoms with E-state index in [-0.39, 0.29) is 16.6 Å². The van der Waals surface area contributed by atoms with Gasteiger partial charge >= 0.3 is 0 Å². The third kappa shape index (κ3) is 4.65. The zero-order valence-corrected chi connectivity index (χ0v) is 16.7. The van der Waals surface area contributed by atoms with Crippen molar-refractivity contribution >= 4 is 16.8 Å². The van der Waals surface area contributed by atoms with E-state index in [1.807, 2.05) is 30.3 Å². The summed E-state index contributed by atoms with van der Waals surface area (Å²) >= 11 is 1.68. The highest BCUT2D eigenvalue weighted by atomic mass is 32.2. The summed E-state index contributed by atoms with van der Waals surface area (Å²) in [5, 5.41) is 13.3. The maximum atomic E-state index is 11.2. The summed E-state index contributed by atoms with van der Waals surface area (Å²) in [4.78, 5) is 13.9. The number of hydrogen-bond donors (Lipinski definition) is 3. The summed E-state index contributed by atoms with van der Waals surface area (Å²) in [7, 11) is 0. The number of thioether (sulfide) groups is 1. The molecular formula is C21H27N3OS. The lowest BCUT2D eigenvalue weighted by molar-refractivity contribution is 0.189. The molecule has 0 atom stereocenters. The van der Waals surface area contributed by atoms with Crippen molar-refractivity contribution < 1.29 is 0 Å². The summed E-state index contributed by atoms with van der Waals surface area (Å²) in [6.07, 6.45) is 3.83. The highest BCUT2D eigenvalue weighted by Crippen LogP contribution is 2.36.